The summed E-state index contributed by atoms with van der Waals surface area (Å²) in [7, 11) is 0. The summed E-state index contributed by atoms with van der Waals surface area (Å²) in [5, 5.41) is 16.3. The molecule has 3 heterocycles. The Bertz CT molecular complexity index is 906. The van der Waals surface area contributed by atoms with Crippen LogP contribution in [0.25, 0.3) is 0 Å². The minimum Gasteiger partial charge on any atom is -0.366 e. The van der Waals surface area contributed by atoms with Crippen LogP contribution < -0.4 is 10.6 Å². The molecule has 0 bridgehead atoms. The second kappa shape index (κ2) is 7.57. The Labute approximate surface area is 170 Å². The number of rotatable bonds is 4. The quantitative estimate of drug-likeness (QED) is 0.788. The van der Waals surface area contributed by atoms with E-state index >= 15 is 0 Å². The lowest BCUT2D eigenvalue weighted by Gasteiger charge is -2.47. The van der Waals surface area contributed by atoms with E-state index in [9.17, 15) is 0 Å². The molecule has 7 heteroatoms. The minimum atomic E-state index is 0.176. The Morgan fingerprint density at radius 1 is 1.36 bits per heavy atom. The van der Waals surface area contributed by atoms with Gasteiger partial charge in [0.1, 0.15) is 5.02 Å². The fourth-order valence-electron chi connectivity index (χ4n) is 4.64. The van der Waals surface area contributed by atoms with Gasteiger partial charge in [0.15, 0.2) is 5.82 Å². The first kappa shape index (κ1) is 19.0. The van der Waals surface area contributed by atoms with E-state index in [0.717, 1.165) is 18.5 Å². The van der Waals surface area contributed by atoms with Gasteiger partial charge in [0.05, 0.1) is 17.8 Å². The number of anilines is 3. The summed E-state index contributed by atoms with van der Waals surface area (Å²) in [6, 6.07) is 10.3. The van der Waals surface area contributed by atoms with Crippen LogP contribution in [0.4, 0.5) is 17.5 Å². The van der Waals surface area contributed by atoms with Gasteiger partial charge in [-0.1, -0.05) is 17.7 Å². The van der Waals surface area contributed by atoms with Crippen molar-refractivity contribution in [3.63, 3.8) is 0 Å². The zero-order valence-electron chi connectivity index (χ0n) is 16.2. The van der Waals surface area contributed by atoms with E-state index in [1.165, 1.54) is 19.4 Å². The predicted octanol–water partition coefficient (Wildman–Crippen LogP) is 4.56. The second-order valence-electron chi connectivity index (χ2n) is 8.29. The highest BCUT2D eigenvalue weighted by molar-refractivity contribution is 6.32. The van der Waals surface area contributed by atoms with Crippen molar-refractivity contribution in [1.29, 1.82) is 5.26 Å². The maximum absolute atomic E-state index is 9.06. The summed E-state index contributed by atoms with van der Waals surface area (Å²) in [5.74, 6) is 1.11. The van der Waals surface area contributed by atoms with Crippen molar-refractivity contribution < 1.29 is 0 Å². The topological polar surface area (TPSA) is 76.9 Å². The lowest BCUT2D eigenvalue weighted by Crippen LogP contribution is -2.55. The van der Waals surface area contributed by atoms with E-state index < -0.39 is 0 Å². The third kappa shape index (κ3) is 3.91. The summed E-state index contributed by atoms with van der Waals surface area (Å²) in [5.41, 5.74) is 1.53. The number of piperidine rings is 1. The summed E-state index contributed by atoms with van der Waals surface area (Å²) in [6.45, 7) is 5.86. The minimum absolute atomic E-state index is 0.176. The van der Waals surface area contributed by atoms with Crippen molar-refractivity contribution in [3.8, 4) is 6.07 Å². The van der Waals surface area contributed by atoms with Gasteiger partial charge in [-0.15, -0.1) is 0 Å². The molecule has 1 aromatic carbocycles. The van der Waals surface area contributed by atoms with Crippen LogP contribution in [0.2, 0.25) is 5.02 Å². The van der Waals surface area contributed by atoms with Gasteiger partial charge in [-0.2, -0.15) is 10.2 Å². The Balaban J connectivity index is 1.50. The van der Waals surface area contributed by atoms with Crippen LogP contribution in [-0.4, -0.2) is 39.0 Å². The van der Waals surface area contributed by atoms with Gasteiger partial charge in [0, 0.05) is 23.3 Å². The molecule has 2 aliphatic heterocycles. The standard InChI is InChI=1S/C21H25ClN6/c1-21(2)11-16(10-17-7-4-8-28(17)21)25-19-18(22)13-24-20(27-19)26-15-6-3-5-14(9-15)12-23/h3,5-6,9,13,16-17H,4,7-8,10-11H2,1-2H3,(H2,24,25,26,27). The van der Waals surface area contributed by atoms with Crippen LogP contribution in [0.3, 0.4) is 0 Å². The zero-order chi connectivity index (χ0) is 19.7. The van der Waals surface area contributed by atoms with Gasteiger partial charge in [-0.05, 0) is 64.3 Å². The van der Waals surface area contributed by atoms with Crippen LogP contribution >= 0.6 is 11.6 Å². The molecule has 0 amide bonds. The summed E-state index contributed by atoms with van der Waals surface area (Å²) >= 11 is 6.38. The van der Waals surface area contributed by atoms with E-state index in [1.807, 2.05) is 12.1 Å². The molecule has 4 rings (SSSR count). The Hall–Kier alpha value is -2.36. The summed E-state index contributed by atoms with van der Waals surface area (Å²) in [4.78, 5) is 11.5. The first-order valence-corrected chi connectivity index (χ1v) is 10.2. The average molecular weight is 397 g/mol. The lowest BCUT2D eigenvalue weighted by molar-refractivity contribution is 0.0501. The molecule has 2 unspecified atom stereocenters. The molecule has 6 nitrogen and oxygen atoms in total. The molecule has 0 radical (unpaired) electrons. The molecule has 146 valence electrons. The molecule has 28 heavy (non-hydrogen) atoms. The fraction of sp³-hybridized carbons (Fsp3) is 0.476. The zero-order valence-corrected chi connectivity index (χ0v) is 17.0. The van der Waals surface area contributed by atoms with Crippen molar-refractivity contribution in [2.24, 2.45) is 0 Å². The molecule has 0 spiro atoms. The maximum atomic E-state index is 9.06. The predicted molar refractivity (Wildman–Crippen MR) is 112 cm³/mol. The first-order chi connectivity index (χ1) is 13.4. The van der Waals surface area contributed by atoms with Crippen LogP contribution in [-0.2, 0) is 0 Å². The number of hydrogen-bond acceptors (Lipinski definition) is 6. The number of halogens is 1. The Kier molecular flexibility index (Phi) is 5.13. The third-order valence-electron chi connectivity index (χ3n) is 5.79. The molecular weight excluding hydrogens is 372 g/mol. The number of hydrogen-bond donors (Lipinski definition) is 2. The molecule has 0 aliphatic carbocycles. The average Bonchev–Trinajstić information content (AvgIpc) is 3.14. The monoisotopic (exact) mass is 396 g/mol. The smallest absolute Gasteiger partial charge is 0.229 e. The highest BCUT2D eigenvalue weighted by atomic mass is 35.5. The fourth-order valence-corrected chi connectivity index (χ4v) is 4.78. The van der Waals surface area contributed by atoms with Gasteiger partial charge < -0.3 is 10.6 Å². The number of aromatic nitrogens is 2. The van der Waals surface area contributed by atoms with E-state index in [-0.39, 0.29) is 5.54 Å². The number of nitrogens with one attached hydrogen (secondary N) is 2. The maximum Gasteiger partial charge on any atom is 0.229 e. The number of nitriles is 1. The van der Waals surface area contributed by atoms with Crippen molar-refractivity contribution in [2.45, 2.75) is 57.2 Å². The molecule has 2 N–H and O–H groups in total. The van der Waals surface area contributed by atoms with Crippen LogP contribution in [0, 0.1) is 11.3 Å². The molecule has 2 fully saturated rings. The van der Waals surface area contributed by atoms with E-state index in [1.54, 1.807) is 18.3 Å². The Morgan fingerprint density at radius 3 is 3.04 bits per heavy atom. The molecule has 0 saturated carbocycles. The van der Waals surface area contributed by atoms with Crippen molar-refractivity contribution in [1.82, 2.24) is 14.9 Å². The Morgan fingerprint density at radius 2 is 2.21 bits per heavy atom. The van der Waals surface area contributed by atoms with Gasteiger partial charge >= 0.3 is 0 Å². The summed E-state index contributed by atoms with van der Waals surface area (Å²) < 4.78 is 0. The van der Waals surface area contributed by atoms with Crippen LogP contribution in [0.15, 0.2) is 30.5 Å². The van der Waals surface area contributed by atoms with Gasteiger partial charge in [0.2, 0.25) is 5.95 Å². The van der Waals surface area contributed by atoms with Gasteiger partial charge in [-0.3, -0.25) is 4.90 Å². The van der Waals surface area contributed by atoms with Crippen LogP contribution in [0.1, 0.15) is 45.1 Å². The molecule has 2 aromatic rings. The van der Waals surface area contributed by atoms with E-state index in [2.05, 4.69) is 45.4 Å². The molecular formula is C21H25ClN6. The van der Waals surface area contributed by atoms with Crippen molar-refractivity contribution in [3.05, 3.63) is 41.0 Å². The molecule has 2 aliphatic rings. The highest BCUT2D eigenvalue weighted by Crippen LogP contribution is 2.39. The van der Waals surface area contributed by atoms with Crippen LogP contribution in [0.5, 0.6) is 0 Å². The van der Waals surface area contributed by atoms with Gasteiger partial charge in [-0.25, -0.2) is 4.98 Å². The van der Waals surface area contributed by atoms with Crippen molar-refractivity contribution in [2.75, 3.05) is 17.2 Å². The molecule has 2 atom stereocenters. The number of nitrogens with zero attached hydrogens (tertiary/aromatic N) is 4. The number of benzene rings is 1. The third-order valence-corrected chi connectivity index (χ3v) is 6.07. The molecule has 2 saturated heterocycles. The van der Waals surface area contributed by atoms with Crippen molar-refractivity contribution >= 4 is 29.1 Å². The summed E-state index contributed by atoms with van der Waals surface area (Å²) in [6.07, 6.45) is 6.32. The lowest BCUT2D eigenvalue weighted by atomic mass is 9.84. The molecule has 1 aromatic heterocycles. The SMILES string of the molecule is CC1(C)CC(Nc2nc(Nc3cccc(C#N)c3)ncc2Cl)CC2CCCN21. The first-order valence-electron chi connectivity index (χ1n) is 9.77. The largest absolute Gasteiger partial charge is 0.366 e. The van der Waals surface area contributed by atoms with E-state index in [4.69, 9.17) is 16.9 Å². The number of fused-ring (bicyclic) bond motifs is 1. The highest BCUT2D eigenvalue weighted by Gasteiger charge is 2.42. The normalized spacial score (nSPS) is 23.6. The second-order valence-corrected chi connectivity index (χ2v) is 8.70. The van der Waals surface area contributed by atoms with E-state index in [0.29, 0.717) is 34.4 Å². The van der Waals surface area contributed by atoms with Gasteiger partial charge in [0.25, 0.3) is 0 Å².